The van der Waals surface area contributed by atoms with Crippen molar-refractivity contribution >= 4 is 11.0 Å². The lowest BCUT2D eigenvalue weighted by molar-refractivity contribution is 0.422. The van der Waals surface area contributed by atoms with Crippen LogP contribution >= 0.6 is 0 Å². The molecule has 0 amide bonds. The summed E-state index contributed by atoms with van der Waals surface area (Å²) >= 11 is 0. The molecular formula is C9H6N4O. The van der Waals surface area contributed by atoms with Crippen LogP contribution in [-0.4, -0.2) is 20.1 Å². The summed E-state index contributed by atoms with van der Waals surface area (Å²) in [4.78, 5) is 11.4. The maximum atomic E-state index is 4.74. The summed E-state index contributed by atoms with van der Waals surface area (Å²) in [5.74, 6) is 0.696. The van der Waals surface area contributed by atoms with E-state index < -0.39 is 0 Å². The second-order valence-electron chi connectivity index (χ2n) is 2.86. The number of fused-ring (bicyclic) bond motifs is 1. The Labute approximate surface area is 78.8 Å². The van der Waals surface area contributed by atoms with E-state index in [2.05, 4.69) is 20.1 Å². The quantitative estimate of drug-likeness (QED) is 0.626. The maximum absolute atomic E-state index is 4.74. The average molecular weight is 186 g/mol. The number of imidazole rings is 1. The summed E-state index contributed by atoms with van der Waals surface area (Å²) < 4.78 is 4.74. The van der Waals surface area contributed by atoms with Crippen LogP contribution in [0.25, 0.3) is 22.6 Å². The number of aromatic amines is 1. The highest BCUT2D eigenvalue weighted by Crippen LogP contribution is 2.17. The van der Waals surface area contributed by atoms with Gasteiger partial charge in [-0.25, -0.2) is 4.98 Å². The molecule has 0 aliphatic carbocycles. The van der Waals surface area contributed by atoms with Gasteiger partial charge in [-0.1, -0.05) is 5.16 Å². The lowest BCUT2D eigenvalue weighted by Gasteiger charge is -1.83. The van der Waals surface area contributed by atoms with E-state index in [0.29, 0.717) is 11.5 Å². The number of pyridine rings is 1. The molecule has 3 heterocycles. The molecule has 0 fully saturated rings. The second-order valence-corrected chi connectivity index (χ2v) is 2.86. The molecule has 3 rings (SSSR count). The summed E-state index contributed by atoms with van der Waals surface area (Å²) in [6.45, 7) is 0. The van der Waals surface area contributed by atoms with Crippen LogP contribution in [0.5, 0.6) is 0 Å². The molecule has 3 aromatic rings. The zero-order valence-corrected chi connectivity index (χ0v) is 7.14. The van der Waals surface area contributed by atoms with Crippen LogP contribution < -0.4 is 0 Å². The van der Waals surface area contributed by atoms with E-state index >= 15 is 0 Å². The van der Waals surface area contributed by atoms with Crippen molar-refractivity contribution in [3.63, 3.8) is 0 Å². The topological polar surface area (TPSA) is 67.6 Å². The first-order valence-corrected chi connectivity index (χ1v) is 4.14. The van der Waals surface area contributed by atoms with Crippen molar-refractivity contribution in [2.45, 2.75) is 0 Å². The van der Waals surface area contributed by atoms with E-state index in [0.717, 1.165) is 11.0 Å². The Morgan fingerprint density at radius 1 is 1.29 bits per heavy atom. The number of hydrogen-bond donors (Lipinski definition) is 1. The van der Waals surface area contributed by atoms with E-state index in [9.17, 15) is 0 Å². The van der Waals surface area contributed by atoms with Crippen LogP contribution in [0.3, 0.4) is 0 Å². The molecule has 0 bridgehead atoms. The van der Waals surface area contributed by atoms with E-state index in [-0.39, 0.29) is 0 Å². The van der Waals surface area contributed by atoms with Crippen LogP contribution in [0.1, 0.15) is 0 Å². The van der Waals surface area contributed by atoms with E-state index in [1.807, 2.05) is 6.07 Å². The molecule has 0 unspecified atom stereocenters. The summed E-state index contributed by atoms with van der Waals surface area (Å²) in [5, 5.41) is 3.79. The molecule has 0 aromatic carbocycles. The molecule has 0 aliphatic heterocycles. The van der Waals surface area contributed by atoms with Crippen LogP contribution in [0.4, 0.5) is 0 Å². The fourth-order valence-corrected chi connectivity index (χ4v) is 1.31. The Kier molecular flexibility index (Phi) is 1.38. The normalized spacial score (nSPS) is 10.9. The lowest BCUT2D eigenvalue weighted by Crippen LogP contribution is -1.77. The number of nitrogens with one attached hydrogen (secondary N) is 1. The van der Waals surface area contributed by atoms with Crippen molar-refractivity contribution in [3.05, 3.63) is 30.8 Å². The third-order valence-electron chi connectivity index (χ3n) is 1.96. The predicted molar refractivity (Wildman–Crippen MR) is 49.4 cm³/mol. The first-order chi connectivity index (χ1) is 6.93. The molecular weight excluding hydrogens is 180 g/mol. The summed E-state index contributed by atoms with van der Waals surface area (Å²) in [7, 11) is 0. The minimum absolute atomic E-state index is 0.696. The van der Waals surface area contributed by atoms with Gasteiger partial charge in [0.2, 0.25) is 0 Å². The van der Waals surface area contributed by atoms with Gasteiger partial charge in [0.1, 0.15) is 12.0 Å². The highest BCUT2D eigenvalue weighted by Gasteiger charge is 2.06. The van der Waals surface area contributed by atoms with Crippen LogP contribution in [-0.2, 0) is 0 Å². The lowest BCUT2D eigenvalue weighted by atomic mass is 10.4. The van der Waals surface area contributed by atoms with Gasteiger partial charge in [0, 0.05) is 12.3 Å². The van der Waals surface area contributed by atoms with Gasteiger partial charge in [0.25, 0.3) is 0 Å². The summed E-state index contributed by atoms with van der Waals surface area (Å²) in [6.07, 6.45) is 4.95. The molecule has 0 aliphatic rings. The Hall–Kier alpha value is -2.17. The SMILES string of the molecule is c1cc2nc(-c3ccon3)[nH]c2cn1. The monoisotopic (exact) mass is 186 g/mol. The average Bonchev–Trinajstić information content (AvgIpc) is 2.86. The summed E-state index contributed by atoms with van der Waals surface area (Å²) in [6, 6.07) is 3.60. The van der Waals surface area contributed by atoms with Crippen molar-refractivity contribution in [3.8, 4) is 11.5 Å². The van der Waals surface area contributed by atoms with Gasteiger partial charge in [-0.3, -0.25) is 4.98 Å². The molecule has 1 N–H and O–H groups in total. The number of aromatic nitrogens is 4. The van der Waals surface area contributed by atoms with Gasteiger partial charge in [-0.15, -0.1) is 0 Å². The fraction of sp³-hybridized carbons (Fsp3) is 0. The second kappa shape index (κ2) is 2.66. The van der Waals surface area contributed by atoms with Crippen molar-refractivity contribution in [2.24, 2.45) is 0 Å². The molecule has 3 aromatic heterocycles. The molecule has 0 saturated carbocycles. The smallest absolute Gasteiger partial charge is 0.160 e. The van der Waals surface area contributed by atoms with Gasteiger partial charge in [0.05, 0.1) is 17.2 Å². The van der Waals surface area contributed by atoms with Gasteiger partial charge in [-0.2, -0.15) is 0 Å². The van der Waals surface area contributed by atoms with Gasteiger partial charge < -0.3 is 9.51 Å². The highest BCUT2D eigenvalue weighted by atomic mass is 16.5. The minimum atomic E-state index is 0.696. The minimum Gasteiger partial charge on any atom is -0.364 e. The Morgan fingerprint density at radius 2 is 2.29 bits per heavy atom. The molecule has 0 saturated heterocycles. The fourth-order valence-electron chi connectivity index (χ4n) is 1.31. The Bertz CT molecular complexity index is 522. The molecule has 0 spiro atoms. The molecule has 14 heavy (non-hydrogen) atoms. The van der Waals surface area contributed by atoms with Gasteiger partial charge in [-0.05, 0) is 6.07 Å². The number of H-pyrrole nitrogens is 1. The highest BCUT2D eigenvalue weighted by molar-refractivity contribution is 5.77. The number of rotatable bonds is 1. The third-order valence-corrected chi connectivity index (χ3v) is 1.96. The van der Waals surface area contributed by atoms with Gasteiger partial charge >= 0.3 is 0 Å². The van der Waals surface area contributed by atoms with Crippen LogP contribution in [0.2, 0.25) is 0 Å². The van der Waals surface area contributed by atoms with Crippen molar-refractivity contribution in [2.75, 3.05) is 0 Å². The van der Waals surface area contributed by atoms with Crippen LogP contribution in [0, 0.1) is 0 Å². The van der Waals surface area contributed by atoms with E-state index in [1.54, 1.807) is 18.5 Å². The van der Waals surface area contributed by atoms with Crippen molar-refractivity contribution in [1.29, 1.82) is 0 Å². The number of nitrogens with zero attached hydrogens (tertiary/aromatic N) is 3. The number of hydrogen-bond acceptors (Lipinski definition) is 4. The van der Waals surface area contributed by atoms with Crippen LogP contribution in [0.15, 0.2) is 35.3 Å². The molecule has 68 valence electrons. The third kappa shape index (κ3) is 0.990. The van der Waals surface area contributed by atoms with E-state index in [4.69, 9.17) is 4.52 Å². The molecule has 5 nitrogen and oxygen atoms in total. The van der Waals surface area contributed by atoms with Crippen molar-refractivity contribution < 1.29 is 4.52 Å². The van der Waals surface area contributed by atoms with Gasteiger partial charge in [0.15, 0.2) is 5.82 Å². The maximum Gasteiger partial charge on any atom is 0.160 e. The van der Waals surface area contributed by atoms with E-state index in [1.165, 1.54) is 6.26 Å². The predicted octanol–water partition coefficient (Wildman–Crippen LogP) is 1.61. The molecule has 0 radical (unpaired) electrons. The summed E-state index contributed by atoms with van der Waals surface area (Å²) in [5.41, 5.74) is 2.46. The first-order valence-electron chi connectivity index (χ1n) is 4.14. The molecule has 0 atom stereocenters. The first kappa shape index (κ1) is 7.25. The molecule has 5 heteroatoms. The zero-order chi connectivity index (χ0) is 9.38. The standard InChI is InChI=1S/C9H6N4O/c1-3-10-5-8-6(1)11-9(12-8)7-2-4-14-13-7/h1-5H,(H,11,12). The Morgan fingerprint density at radius 3 is 3.07 bits per heavy atom. The Balaban J connectivity index is 2.24. The zero-order valence-electron chi connectivity index (χ0n) is 7.14. The largest absolute Gasteiger partial charge is 0.364 e. The van der Waals surface area contributed by atoms with Crippen molar-refractivity contribution in [1.82, 2.24) is 20.1 Å².